The van der Waals surface area contributed by atoms with Gasteiger partial charge in [-0.25, -0.2) is 4.98 Å². The van der Waals surface area contributed by atoms with Gasteiger partial charge < -0.3 is 10.0 Å². The van der Waals surface area contributed by atoms with Gasteiger partial charge in [0.1, 0.15) is 11.6 Å². The first-order chi connectivity index (χ1) is 8.76. The molecule has 2 rings (SSSR count). The summed E-state index contributed by atoms with van der Waals surface area (Å²) in [7, 11) is 0. The normalized spacial score (nSPS) is 10.2. The van der Waals surface area contributed by atoms with Crippen LogP contribution in [0.4, 0.5) is 5.82 Å². The lowest BCUT2D eigenvalue weighted by Gasteiger charge is -2.22. The second kappa shape index (κ2) is 5.37. The second-order valence-corrected chi connectivity index (χ2v) is 4.03. The van der Waals surface area contributed by atoms with E-state index in [1.165, 1.54) is 0 Å². The molecule has 0 unspecified atom stereocenters. The summed E-state index contributed by atoms with van der Waals surface area (Å²) in [6, 6.07) is 9.30. The number of pyridine rings is 1. The number of hydrogen-bond acceptors (Lipinski definition) is 4. The van der Waals surface area contributed by atoms with Gasteiger partial charge in [0, 0.05) is 24.7 Å². The van der Waals surface area contributed by atoms with Crippen molar-refractivity contribution in [3.8, 4) is 11.8 Å². The van der Waals surface area contributed by atoms with E-state index in [9.17, 15) is 5.11 Å². The molecule has 1 aromatic heterocycles. The predicted octanol–water partition coefficient (Wildman–Crippen LogP) is 2.68. The van der Waals surface area contributed by atoms with E-state index >= 15 is 0 Å². The maximum absolute atomic E-state index is 9.59. The Hall–Kier alpha value is -2.28. The molecule has 0 spiro atoms. The van der Waals surface area contributed by atoms with E-state index in [1.807, 2.05) is 24.0 Å². The molecule has 0 aliphatic rings. The molecule has 0 bridgehead atoms. The first kappa shape index (κ1) is 12.2. The minimum absolute atomic E-state index is 0.230. The fraction of sp³-hybridized carbons (Fsp3) is 0.286. The molecule has 4 nitrogen and oxygen atoms in total. The Kier molecular flexibility index (Phi) is 3.63. The molecule has 18 heavy (non-hydrogen) atoms. The van der Waals surface area contributed by atoms with Crippen LogP contribution in [-0.2, 0) is 0 Å². The van der Waals surface area contributed by atoms with Gasteiger partial charge in [0.15, 0.2) is 0 Å². The van der Waals surface area contributed by atoms with Crippen molar-refractivity contribution in [1.82, 2.24) is 4.98 Å². The monoisotopic (exact) mass is 241 g/mol. The van der Waals surface area contributed by atoms with E-state index in [0.29, 0.717) is 13.0 Å². The number of rotatable bonds is 4. The molecule has 4 heteroatoms. The van der Waals surface area contributed by atoms with Crippen molar-refractivity contribution in [3.05, 3.63) is 30.5 Å². The number of anilines is 1. The number of phenolic OH excluding ortho intramolecular Hbond substituents is 1. The van der Waals surface area contributed by atoms with Crippen LogP contribution in [0.2, 0.25) is 0 Å². The largest absolute Gasteiger partial charge is 0.508 e. The van der Waals surface area contributed by atoms with Crippen LogP contribution in [0.15, 0.2) is 30.5 Å². The first-order valence-electron chi connectivity index (χ1n) is 5.96. The average molecular weight is 241 g/mol. The van der Waals surface area contributed by atoms with Crippen molar-refractivity contribution in [2.75, 3.05) is 18.0 Å². The summed E-state index contributed by atoms with van der Waals surface area (Å²) < 4.78 is 0. The zero-order chi connectivity index (χ0) is 13.0. The van der Waals surface area contributed by atoms with Crippen molar-refractivity contribution in [3.63, 3.8) is 0 Å². The van der Waals surface area contributed by atoms with E-state index in [2.05, 4.69) is 11.1 Å². The van der Waals surface area contributed by atoms with Crippen LogP contribution in [0.5, 0.6) is 5.75 Å². The molecule has 0 saturated heterocycles. The Balaban J connectivity index is 2.48. The minimum Gasteiger partial charge on any atom is -0.508 e. The zero-order valence-electron chi connectivity index (χ0n) is 10.3. The fourth-order valence-corrected chi connectivity index (χ4v) is 1.99. The third kappa shape index (κ3) is 2.35. The maximum atomic E-state index is 9.59. The van der Waals surface area contributed by atoms with Crippen molar-refractivity contribution in [2.45, 2.75) is 13.3 Å². The van der Waals surface area contributed by atoms with E-state index < -0.39 is 0 Å². The summed E-state index contributed by atoms with van der Waals surface area (Å²) >= 11 is 0. The topological polar surface area (TPSA) is 60.2 Å². The molecule has 0 saturated carbocycles. The molecular formula is C14H15N3O. The highest BCUT2D eigenvalue weighted by atomic mass is 16.3. The van der Waals surface area contributed by atoms with Gasteiger partial charge in [-0.15, -0.1) is 0 Å². The van der Waals surface area contributed by atoms with E-state index in [-0.39, 0.29) is 5.75 Å². The predicted molar refractivity (Wildman–Crippen MR) is 71.5 cm³/mol. The summed E-state index contributed by atoms with van der Waals surface area (Å²) in [5.41, 5.74) is 0. The quantitative estimate of drug-likeness (QED) is 0.894. The van der Waals surface area contributed by atoms with Crippen LogP contribution in [0.25, 0.3) is 10.8 Å². The van der Waals surface area contributed by atoms with Crippen molar-refractivity contribution < 1.29 is 5.11 Å². The molecule has 92 valence electrons. The molecule has 1 heterocycles. The molecule has 1 N–H and O–H groups in total. The molecule has 1 aromatic carbocycles. The smallest absolute Gasteiger partial charge is 0.136 e. The van der Waals surface area contributed by atoms with Crippen LogP contribution >= 0.6 is 0 Å². The third-order valence-corrected chi connectivity index (χ3v) is 2.90. The molecule has 0 fully saturated rings. The second-order valence-electron chi connectivity index (χ2n) is 4.03. The summed E-state index contributed by atoms with van der Waals surface area (Å²) in [5, 5.41) is 20.2. The van der Waals surface area contributed by atoms with Gasteiger partial charge in [-0.1, -0.05) is 6.07 Å². The van der Waals surface area contributed by atoms with Crippen LogP contribution in [0.1, 0.15) is 13.3 Å². The van der Waals surface area contributed by atoms with E-state index in [0.717, 1.165) is 23.1 Å². The Morgan fingerprint density at radius 3 is 2.94 bits per heavy atom. The number of nitrogens with zero attached hydrogens (tertiary/aromatic N) is 3. The van der Waals surface area contributed by atoms with Crippen molar-refractivity contribution in [2.24, 2.45) is 0 Å². The summed E-state index contributed by atoms with van der Waals surface area (Å²) in [4.78, 5) is 6.42. The number of fused-ring (bicyclic) bond motifs is 1. The number of nitriles is 1. The van der Waals surface area contributed by atoms with Crippen LogP contribution in [-0.4, -0.2) is 23.2 Å². The number of phenols is 1. The Labute approximate surface area is 106 Å². The van der Waals surface area contributed by atoms with Gasteiger partial charge in [0.05, 0.1) is 12.5 Å². The lowest BCUT2D eigenvalue weighted by Crippen LogP contribution is -2.24. The standard InChI is InChI=1S/C14H15N3O/c1-2-17(9-3-7-15)14-13-10-12(18)5-4-11(13)6-8-16-14/h4-6,8,10,18H,2-3,9H2,1H3. The SMILES string of the molecule is CCN(CCC#N)c1nccc2ccc(O)cc12. The van der Waals surface area contributed by atoms with Crippen LogP contribution < -0.4 is 4.90 Å². The zero-order valence-corrected chi connectivity index (χ0v) is 10.3. The van der Waals surface area contributed by atoms with Crippen LogP contribution in [0, 0.1) is 11.3 Å². The van der Waals surface area contributed by atoms with Crippen molar-refractivity contribution >= 4 is 16.6 Å². The highest BCUT2D eigenvalue weighted by molar-refractivity contribution is 5.93. The lowest BCUT2D eigenvalue weighted by atomic mass is 10.1. The summed E-state index contributed by atoms with van der Waals surface area (Å²) in [6.45, 7) is 3.46. The summed E-state index contributed by atoms with van der Waals surface area (Å²) in [5.74, 6) is 1.05. The van der Waals surface area contributed by atoms with Gasteiger partial charge in [0.25, 0.3) is 0 Å². The maximum Gasteiger partial charge on any atom is 0.136 e. The fourth-order valence-electron chi connectivity index (χ4n) is 1.99. The summed E-state index contributed by atoms with van der Waals surface area (Å²) in [6.07, 6.45) is 2.22. The number of aromatic hydroxyl groups is 1. The van der Waals surface area contributed by atoms with E-state index in [1.54, 1.807) is 18.3 Å². The number of aromatic nitrogens is 1. The highest BCUT2D eigenvalue weighted by Crippen LogP contribution is 2.27. The Morgan fingerprint density at radius 1 is 1.39 bits per heavy atom. The van der Waals surface area contributed by atoms with Gasteiger partial charge >= 0.3 is 0 Å². The average Bonchev–Trinajstić information content (AvgIpc) is 2.40. The minimum atomic E-state index is 0.230. The molecular weight excluding hydrogens is 226 g/mol. The highest BCUT2D eigenvalue weighted by Gasteiger charge is 2.10. The number of benzene rings is 1. The van der Waals surface area contributed by atoms with Gasteiger partial charge in [-0.2, -0.15) is 5.26 Å². The first-order valence-corrected chi connectivity index (χ1v) is 5.96. The van der Waals surface area contributed by atoms with E-state index in [4.69, 9.17) is 5.26 Å². The Bertz CT molecular complexity index is 589. The molecule has 2 aromatic rings. The number of hydrogen-bond donors (Lipinski definition) is 1. The van der Waals surface area contributed by atoms with Gasteiger partial charge in [-0.3, -0.25) is 0 Å². The van der Waals surface area contributed by atoms with Gasteiger partial charge in [0.2, 0.25) is 0 Å². The molecule has 0 aliphatic carbocycles. The van der Waals surface area contributed by atoms with Gasteiger partial charge in [-0.05, 0) is 30.5 Å². The third-order valence-electron chi connectivity index (χ3n) is 2.90. The Morgan fingerprint density at radius 2 is 2.22 bits per heavy atom. The molecule has 0 radical (unpaired) electrons. The van der Waals surface area contributed by atoms with Crippen molar-refractivity contribution in [1.29, 1.82) is 5.26 Å². The van der Waals surface area contributed by atoms with Crippen LogP contribution in [0.3, 0.4) is 0 Å². The lowest BCUT2D eigenvalue weighted by molar-refractivity contribution is 0.476. The molecule has 0 atom stereocenters. The molecule has 0 aliphatic heterocycles. The molecule has 0 amide bonds.